The maximum atomic E-state index is 12.0. The van der Waals surface area contributed by atoms with E-state index >= 15 is 0 Å². The highest BCUT2D eigenvalue weighted by molar-refractivity contribution is 7.80. The monoisotopic (exact) mass is 409 g/mol. The SMILES string of the molecule is CC1(Cc2ccccc2)CCN(CCN(CCS)CC(=O)NCCS)CC1. The maximum absolute atomic E-state index is 12.0. The summed E-state index contributed by atoms with van der Waals surface area (Å²) in [7, 11) is 0. The summed E-state index contributed by atoms with van der Waals surface area (Å²) in [5.41, 5.74) is 1.84. The Morgan fingerprint density at radius 3 is 2.48 bits per heavy atom. The molecule has 0 bridgehead atoms. The summed E-state index contributed by atoms with van der Waals surface area (Å²) in [6, 6.07) is 10.8. The molecule has 0 atom stereocenters. The van der Waals surface area contributed by atoms with E-state index in [0.29, 0.717) is 24.3 Å². The molecular weight excluding hydrogens is 374 g/mol. The number of amides is 1. The molecular formula is C21H35N3OS2. The Balaban J connectivity index is 1.74. The van der Waals surface area contributed by atoms with Gasteiger partial charge in [0.25, 0.3) is 0 Å². The largest absolute Gasteiger partial charge is 0.354 e. The molecule has 1 fully saturated rings. The van der Waals surface area contributed by atoms with Crippen LogP contribution < -0.4 is 5.32 Å². The zero-order valence-electron chi connectivity index (χ0n) is 16.6. The molecule has 4 nitrogen and oxygen atoms in total. The first-order chi connectivity index (χ1) is 13.0. The first kappa shape index (κ1) is 22.6. The van der Waals surface area contributed by atoms with Gasteiger partial charge in [-0.3, -0.25) is 9.69 Å². The number of hydrogen-bond donors (Lipinski definition) is 3. The van der Waals surface area contributed by atoms with Crippen molar-refractivity contribution in [3.8, 4) is 0 Å². The van der Waals surface area contributed by atoms with Gasteiger partial charge < -0.3 is 10.2 Å². The fourth-order valence-electron chi connectivity index (χ4n) is 3.73. The molecule has 1 saturated heterocycles. The maximum Gasteiger partial charge on any atom is 0.234 e. The van der Waals surface area contributed by atoms with E-state index in [1.54, 1.807) is 0 Å². The Hall–Kier alpha value is -0.690. The first-order valence-corrected chi connectivity index (χ1v) is 11.3. The number of piperidine rings is 1. The van der Waals surface area contributed by atoms with E-state index < -0.39 is 0 Å². The van der Waals surface area contributed by atoms with Crippen LogP contribution in [0.4, 0.5) is 0 Å². The highest BCUT2D eigenvalue weighted by Crippen LogP contribution is 2.34. The zero-order chi connectivity index (χ0) is 19.5. The van der Waals surface area contributed by atoms with Gasteiger partial charge in [0.1, 0.15) is 0 Å². The molecule has 1 N–H and O–H groups in total. The Morgan fingerprint density at radius 1 is 1.15 bits per heavy atom. The summed E-state index contributed by atoms with van der Waals surface area (Å²) < 4.78 is 0. The van der Waals surface area contributed by atoms with Crippen molar-refractivity contribution in [3.05, 3.63) is 35.9 Å². The van der Waals surface area contributed by atoms with Crippen LogP contribution in [0.1, 0.15) is 25.3 Å². The third-order valence-electron chi connectivity index (χ3n) is 5.49. The zero-order valence-corrected chi connectivity index (χ0v) is 18.4. The summed E-state index contributed by atoms with van der Waals surface area (Å²) in [6.07, 6.45) is 3.63. The van der Waals surface area contributed by atoms with Crippen LogP contribution in [0, 0.1) is 5.41 Å². The van der Waals surface area contributed by atoms with Crippen LogP contribution in [-0.4, -0.2) is 73.0 Å². The van der Waals surface area contributed by atoms with Crippen molar-refractivity contribution >= 4 is 31.2 Å². The van der Waals surface area contributed by atoms with Crippen LogP contribution in [-0.2, 0) is 11.2 Å². The van der Waals surface area contributed by atoms with Crippen molar-refractivity contribution in [2.24, 2.45) is 5.41 Å². The third kappa shape index (κ3) is 8.46. The van der Waals surface area contributed by atoms with Crippen LogP contribution in [0.5, 0.6) is 0 Å². The van der Waals surface area contributed by atoms with E-state index in [4.69, 9.17) is 0 Å². The van der Waals surface area contributed by atoms with Gasteiger partial charge in [0.15, 0.2) is 0 Å². The van der Waals surface area contributed by atoms with Crippen molar-refractivity contribution in [2.75, 3.05) is 57.3 Å². The highest BCUT2D eigenvalue weighted by Gasteiger charge is 2.30. The van der Waals surface area contributed by atoms with Crippen molar-refractivity contribution in [2.45, 2.75) is 26.2 Å². The third-order valence-corrected chi connectivity index (χ3v) is 5.91. The molecule has 1 amide bonds. The van der Waals surface area contributed by atoms with Gasteiger partial charge in [0.2, 0.25) is 5.91 Å². The molecule has 0 saturated carbocycles. The number of thiol groups is 2. The summed E-state index contributed by atoms with van der Waals surface area (Å²) in [5, 5.41) is 2.90. The molecule has 0 unspecified atom stereocenters. The topological polar surface area (TPSA) is 35.6 Å². The Kier molecular flexibility index (Phi) is 10.0. The number of likely N-dealkylation sites (tertiary alicyclic amines) is 1. The molecule has 27 heavy (non-hydrogen) atoms. The van der Waals surface area contributed by atoms with Crippen molar-refractivity contribution in [1.29, 1.82) is 0 Å². The average molecular weight is 410 g/mol. The predicted molar refractivity (Wildman–Crippen MR) is 121 cm³/mol. The molecule has 1 aliphatic rings. The molecule has 6 heteroatoms. The fraction of sp³-hybridized carbons (Fsp3) is 0.667. The number of benzene rings is 1. The molecule has 0 aliphatic carbocycles. The normalized spacial score (nSPS) is 17.2. The second-order valence-corrected chi connectivity index (χ2v) is 8.78. The summed E-state index contributed by atoms with van der Waals surface area (Å²) in [4.78, 5) is 16.7. The number of hydrogen-bond acceptors (Lipinski definition) is 5. The van der Waals surface area contributed by atoms with Crippen LogP contribution >= 0.6 is 25.3 Å². The number of nitrogens with one attached hydrogen (secondary N) is 1. The van der Waals surface area contributed by atoms with E-state index in [0.717, 1.165) is 38.5 Å². The van der Waals surface area contributed by atoms with Crippen LogP contribution in [0.15, 0.2) is 30.3 Å². The lowest BCUT2D eigenvalue weighted by atomic mass is 9.75. The molecule has 152 valence electrons. The predicted octanol–water partition coefficient (Wildman–Crippen LogP) is 2.61. The molecule has 2 rings (SSSR count). The molecule has 1 heterocycles. The van der Waals surface area contributed by atoms with Crippen LogP contribution in [0.25, 0.3) is 0 Å². The number of carbonyl (C=O) groups is 1. The summed E-state index contributed by atoms with van der Waals surface area (Å²) in [6.45, 7) is 8.58. The number of carbonyl (C=O) groups excluding carboxylic acids is 1. The molecule has 1 aliphatic heterocycles. The average Bonchev–Trinajstić information content (AvgIpc) is 2.66. The van der Waals surface area contributed by atoms with Crippen molar-refractivity contribution < 1.29 is 4.79 Å². The van der Waals surface area contributed by atoms with Gasteiger partial charge in [-0.2, -0.15) is 25.3 Å². The van der Waals surface area contributed by atoms with Gasteiger partial charge in [-0.1, -0.05) is 37.3 Å². The van der Waals surface area contributed by atoms with Gasteiger partial charge in [-0.25, -0.2) is 0 Å². The minimum absolute atomic E-state index is 0.0833. The summed E-state index contributed by atoms with van der Waals surface area (Å²) in [5.74, 6) is 1.53. The van der Waals surface area contributed by atoms with E-state index in [9.17, 15) is 4.79 Å². The van der Waals surface area contributed by atoms with Crippen molar-refractivity contribution in [1.82, 2.24) is 15.1 Å². The van der Waals surface area contributed by atoms with Crippen LogP contribution in [0.3, 0.4) is 0 Å². The van der Waals surface area contributed by atoms with Crippen LogP contribution in [0.2, 0.25) is 0 Å². The van der Waals surface area contributed by atoms with Gasteiger partial charge in [0.05, 0.1) is 6.54 Å². The second-order valence-electron chi connectivity index (χ2n) is 7.89. The molecule has 0 radical (unpaired) electrons. The fourth-order valence-corrected chi connectivity index (χ4v) is 4.13. The van der Waals surface area contributed by atoms with Crippen molar-refractivity contribution in [3.63, 3.8) is 0 Å². The molecule has 1 aromatic rings. The lowest BCUT2D eigenvalue weighted by molar-refractivity contribution is -0.122. The number of rotatable bonds is 11. The quantitative estimate of drug-likeness (QED) is 0.492. The van der Waals surface area contributed by atoms with E-state index in [-0.39, 0.29) is 5.91 Å². The minimum atomic E-state index is 0.0833. The van der Waals surface area contributed by atoms with Gasteiger partial charge >= 0.3 is 0 Å². The lowest BCUT2D eigenvalue weighted by Crippen LogP contribution is -2.45. The van der Waals surface area contributed by atoms with Gasteiger partial charge in [0, 0.05) is 37.7 Å². The lowest BCUT2D eigenvalue weighted by Gasteiger charge is -2.40. The molecule has 0 spiro atoms. The summed E-state index contributed by atoms with van der Waals surface area (Å²) >= 11 is 8.48. The molecule has 0 aromatic heterocycles. The number of nitrogens with zero attached hydrogens (tertiary/aromatic N) is 2. The molecule has 1 aromatic carbocycles. The highest BCUT2D eigenvalue weighted by atomic mass is 32.1. The van der Waals surface area contributed by atoms with E-state index in [1.807, 2.05) is 0 Å². The Bertz CT molecular complexity index is 548. The van der Waals surface area contributed by atoms with Gasteiger partial charge in [-0.05, 0) is 43.3 Å². The van der Waals surface area contributed by atoms with E-state index in [2.05, 4.69) is 77.6 Å². The van der Waals surface area contributed by atoms with E-state index in [1.165, 1.54) is 24.8 Å². The standard InChI is InChI=1S/C21H35N3OS2/c1-21(17-19-5-3-2-4-6-19)7-10-23(11-8-21)12-13-24(14-16-27)18-20(25)22-9-15-26/h2-6,26-27H,7-18H2,1H3,(H,22,25). The Morgan fingerprint density at radius 2 is 1.85 bits per heavy atom. The Labute approximate surface area is 175 Å². The first-order valence-electron chi connectivity index (χ1n) is 10.0. The minimum Gasteiger partial charge on any atom is -0.354 e. The van der Waals surface area contributed by atoms with Gasteiger partial charge in [-0.15, -0.1) is 0 Å². The smallest absolute Gasteiger partial charge is 0.234 e. The second kappa shape index (κ2) is 12.0.